The van der Waals surface area contributed by atoms with Gasteiger partial charge in [0.1, 0.15) is 11.4 Å². The highest BCUT2D eigenvalue weighted by Crippen LogP contribution is 2.35. The molecule has 3 unspecified atom stereocenters. The van der Waals surface area contributed by atoms with Crippen molar-refractivity contribution in [2.45, 2.75) is 68.9 Å². The lowest BCUT2D eigenvalue weighted by molar-refractivity contribution is 0.0140. The topological polar surface area (TPSA) is 79.4 Å². The second-order valence-corrected chi connectivity index (χ2v) is 14.5. The van der Waals surface area contributed by atoms with Crippen molar-refractivity contribution in [3.05, 3.63) is 60.2 Å². The van der Waals surface area contributed by atoms with Gasteiger partial charge >= 0.3 is 6.09 Å². The number of amides is 1. The quantitative estimate of drug-likeness (QED) is 0.422. The Morgan fingerprint density at radius 3 is 2.30 bits per heavy atom. The van der Waals surface area contributed by atoms with Crippen LogP contribution in [0.4, 0.5) is 4.79 Å². The minimum absolute atomic E-state index is 0.205. The normalized spacial score (nSPS) is 21.6. The molecule has 2 saturated heterocycles. The van der Waals surface area contributed by atoms with E-state index in [1.165, 1.54) is 4.31 Å². The van der Waals surface area contributed by atoms with E-state index >= 15 is 0 Å². The van der Waals surface area contributed by atoms with Crippen molar-refractivity contribution < 1.29 is 22.7 Å². The van der Waals surface area contributed by atoms with Crippen molar-refractivity contribution in [3.63, 3.8) is 0 Å². The van der Waals surface area contributed by atoms with Crippen molar-refractivity contribution in [2.75, 3.05) is 46.9 Å². The van der Waals surface area contributed by atoms with E-state index in [1.807, 2.05) is 56.0 Å². The number of benzene rings is 2. The van der Waals surface area contributed by atoms with E-state index in [4.69, 9.17) is 9.47 Å². The Balaban J connectivity index is 1.46. The van der Waals surface area contributed by atoms with Crippen LogP contribution in [0.1, 0.15) is 52.5 Å². The van der Waals surface area contributed by atoms with Gasteiger partial charge in [0.05, 0.1) is 12.0 Å². The number of ether oxygens (including phenoxy) is 2. The van der Waals surface area contributed by atoms with E-state index in [-0.39, 0.29) is 12.1 Å². The second kappa shape index (κ2) is 12.1. The highest BCUT2D eigenvalue weighted by Gasteiger charge is 2.42. The first-order valence-corrected chi connectivity index (χ1v) is 15.6. The molecule has 1 amide bonds. The molecular weight excluding hydrogens is 526 g/mol. The van der Waals surface area contributed by atoms with Gasteiger partial charge in [-0.2, -0.15) is 0 Å². The summed E-state index contributed by atoms with van der Waals surface area (Å²) in [6.07, 6.45) is 2.49. The Hall–Kier alpha value is -2.62. The number of carbonyl (C=O) groups is 1. The molecule has 2 aliphatic rings. The van der Waals surface area contributed by atoms with Crippen LogP contribution in [0.2, 0.25) is 0 Å². The van der Waals surface area contributed by atoms with E-state index in [1.54, 1.807) is 38.4 Å². The average Bonchev–Trinajstić information content (AvgIpc) is 3.35. The van der Waals surface area contributed by atoms with Gasteiger partial charge < -0.3 is 19.3 Å². The van der Waals surface area contributed by atoms with Crippen molar-refractivity contribution in [3.8, 4) is 5.75 Å². The monoisotopic (exact) mass is 571 g/mol. The number of hydrogen-bond donors (Lipinski definition) is 0. The first-order valence-electron chi connectivity index (χ1n) is 14.2. The molecule has 0 radical (unpaired) electrons. The maximum absolute atomic E-state index is 13.4. The molecule has 2 aromatic carbocycles. The molecule has 4 rings (SSSR count). The third-order valence-corrected chi connectivity index (χ3v) is 10.2. The summed E-state index contributed by atoms with van der Waals surface area (Å²) in [6, 6.07) is 16.8. The summed E-state index contributed by atoms with van der Waals surface area (Å²) >= 11 is 0. The fourth-order valence-electron chi connectivity index (χ4n) is 6.07. The van der Waals surface area contributed by atoms with Crippen molar-refractivity contribution in [1.82, 2.24) is 14.1 Å². The summed E-state index contributed by atoms with van der Waals surface area (Å²) in [5.41, 5.74) is 0.163. The Labute approximate surface area is 240 Å². The summed E-state index contributed by atoms with van der Waals surface area (Å²) in [5, 5.41) is 0. The van der Waals surface area contributed by atoms with Crippen molar-refractivity contribution in [2.24, 2.45) is 5.92 Å². The van der Waals surface area contributed by atoms with Crippen molar-refractivity contribution >= 4 is 16.1 Å². The van der Waals surface area contributed by atoms with Crippen LogP contribution in [0.5, 0.6) is 5.75 Å². The smallest absolute Gasteiger partial charge is 0.410 e. The summed E-state index contributed by atoms with van der Waals surface area (Å²) in [6.45, 7) is 11.6. The number of likely N-dealkylation sites (N-methyl/N-ethyl adjacent to an activating group) is 1. The Morgan fingerprint density at radius 2 is 1.68 bits per heavy atom. The molecule has 9 heteroatoms. The fraction of sp³-hybridized carbons (Fsp3) is 0.581. The maximum Gasteiger partial charge on any atom is 0.410 e. The highest BCUT2D eigenvalue weighted by atomic mass is 32.2. The Kier molecular flexibility index (Phi) is 9.17. The zero-order valence-corrected chi connectivity index (χ0v) is 25.6. The number of piperidine rings is 1. The first-order chi connectivity index (χ1) is 18.8. The van der Waals surface area contributed by atoms with Crippen LogP contribution in [-0.4, -0.2) is 87.1 Å². The largest absolute Gasteiger partial charge is 0.497 e. The summed E-state index contributed by atoms with van der Waals surface area (Å²) < 4.78 is 39.3. The number of nitrogens with zero attached hydrogens (tertiary/aromatic N) is 3. The molecule has 40 heavy (non-hydrogen) atoms. The number of rotatable bonds is 9. The average molecular weight is 572 g/mol. The highest BCUT2D eigenvalue weighted by molar-refractivity contribution is 7.89. The predicted molar refractivity (Wildman–Crippen MR) is 157 cm³/mol. The van der Waals surface area contributed by atoms with E-state index < -0.39 is 21.0 Å². The predicted octanol–water partition coefficient (Wildman–Crippen LogP) is 5.00. The maximum atomic E-state index is 13.4. The van der Waals surface area contributed by atoms with Gasteiger partial charge in [-0.25, -0.2) is 17.5 Å². The molecule has 2 aromatic rings. The van der Waals surface area contributed by atoms with Gasteiger partial charge in [-0.3, -0.25) is 0 Å². The third kappa shape index (κ3) is 6.98. The van der Waals surface area contributed by atoms with Crippen LogP contribution in [0.15, 0.2) is 59.5 Å². The summed E-state index contributed by atoms with van der Waals surface area (Å²) in [4.78, 5) is 17.5. The zero-order chi connectivity index (χ0) is 29.1. The summed E-state index contributed by atoms with van der Waals surface area (Å²) in [7, 11) is -0.320. The van der Waals surface area contributed by atoms with Gasteiger partial charge in [0, 0.05) is 44.7 Å². The summed E-state index contributed by atoms with van der Waals surface area (Å²) in [5.74, 6) is 1.20. The molecule has 2 heterocycles. The van der Waals surface area contributed by atoms with Crippen LogP contribution in [0.25, 0.3) is 0 Å². The fourth-order valence-corrected chi connectivity index (χ4v) is 7.39. The van der Waals surface area contributed by atoms with Crippen LogP contribution >= 0.6 is 0 Å². The van der Waals surface area contributed by atoms with Crippen molar-refractivity contribution in [1.29, 1.82) is 0 Å². The molecule has 2 fully saturated rings. The van der Waals surface area contributed by atoms with Gasteiger partial charge in [0.25, 0.3) is 0 Å². The lowest BCUT2D eigenvalue weighted by atomic mass is 9.79. The van der Waals surface area contributed by atoms with Crippen LogP contribution in [0.3, 0.4) is 0 Å². The van der Waals surface area contributed by atoms with E-state index in [0.29, 0.717) is 17.4 Å². The van der Waals surface area contributed by atoms with Gasteiger partial charge in [-0.05, 0) is 82.3 Å². The number of methoxy groups -OCH3 is 1. The molecule has 0 spiro atoms. The SMILES string of the molecule is COc1ccc(C(C)(CCN2CCC3C(CCN3C(=O)OC(C)(C)C)C2)CN(C)S(=O)(=O)c2ccccc2)cc1. The van der Waals surface area contributed by atoms with E-state index in [0.717, 1.165) is 56.8 Å². The third-order valence-electron chi connectivity index (χ3n) is 8.34. The van der Waals surface area contributed by atoms with Gasteiger partial charge in [-0.1, -0.05) is 37.3 Å². The Morgan fingerprint density at radius 1 is 1.00 bits per heavy atom. The minimum Gasteiger partial charge on any atom is -0.497 e. The van der Waals surface area contributed by atoms with Gasteiger partial charge in [0.2, 0.25) is 10.0 Å². The number of carbonyl (C=O) groups excluding carboxylic acids is 1. The number of hydrogen-bond acceptors (Lipinski definition) is 6. The molecule has 220 valence electrons. The minimum atomic E-state index is -3.63. The van der Waals surface area contributed by atoms with Gasteiger partial charge in [0.15, 0.2) is 0 Å². The second-order valence-electron chi connectivity index (χ2n) is 12.5. The molecule has 0 N–H and O–H groups in total. The van der Waals surface area contributed by atoms with E-state index in [2.05, 4.69) is 11.8 Å². The molecule has 0 aliphatic carbocycles. The molecule has 0 saturated carbocycles. The standard InChI is InChI=1S/C31H45N3O5S/c1-30(2,3)39-29(35)34-20-16-24-22-33(19-17-28(24)34)21-18-31(4,25-12-14-26(38-6)15-13-25)23-32(5)40(36,37)27-10-8-7-9-11-27/h7-15,24,28H,16-23H2,1-6H3. The number of sulfonamides is 1. The molecule has 2 aliphatic heterocycles. The number of fused-ring (bicyclic) bond motifs is 1. The van der Waals surface area contributed by atoms with Crippen LogP contribution in [0, 0.1) is 5.92 Å². The van der Waals surface area contributed by atoms with E-state index in [9.17, 15) is 13.2 Å². The molecule has 8 nitrogen and oxygen atoms in total. The first kappa shape index (κ1) is 30.3. The number of likely N-dealkylation sites (tertiary alicyclic amines) is 2. The molecular formula is C31H45N3O5S. The zero-order valence-electron chi connectivity index (χ0n) is 24.8. The molecule has 3 atom stereocenters. The Bertz CT molecular complexity index is 1250. The van der Waals surface area contributed by atoms with Gasteiger partial charge in [-0.15, -0.1) is 0 Å². The van der Waals surface area contributed by atoms with Crippen LogP contribution < -0.4 is 4.74 Å². The lowest BCUT2D eigenvalue weighted by Crippen LogP contribution is -2.49. The lowest BCUT2D eigenvalue weighted by Gasteiger charge is -2.40. The van der Waals surface area contributed by atoms with Crippen LogP contribution in [-0.2, 0) is 20.2 Å². The molecule has 0 bridgehead atoms. The molecule has 0 aromatic heterocycles.